The highest BCUT2D eigenvalue weighted by Crippen LogP contribution is 2.17. The van der Waals surface area contributed by atoms with E-state index in [9.17, 15) is 31.1 Å². The number of nitrogens with one attached hydrogen (secondary N) is 1. The van der Waals surface area contributed by atoms with E-state index in [1.165, 1.54) is 12.1 Å². The van der Waals surface area contributed by atoms with Gasteiger partial charge in [0, 0.05) is 43.5 Å². The molecule has 4 rings (SSSR count). The first-order valence-electron chi connectivity index (χ1n) is 12.3. The molecule has 1 saturated heterocycles. The van der Waals surface area contributed by atoms with Crippen molar-refractivity contribution in [3.8, 4) is 0 Å². The van der Waals surface area contributed by atoms with Crippen LogP contribution in [0.15, 0.2) is 66.7 Å². The van der Waals surface area contributed by atoms with E-state index in [1.54, 1.807) is 24.3 Å². The van der Waals surface area contributed by atoms with Crippen LogP contribution in [0, 0.1) is 17.5 Å². The lowest BCUT2D eigenvalue weighted by Crippen LogP contribution is -2.30. The summed E-state index contributed by atoms with van der Waals surface area (Å²) in [4.78, 5) is 26.0. The average Bonchev–Trinajstić information content (AvgIpc) is 3.11. The number of nitrogens with zero attached hydrogens (tertiary/aromatic N) is 2. The third-order valence-electron chi connectivity index (χ3n) is 6.02. The molecule has 1 heterocycles. The summed E-state index contributed by atoms with van der Waals surface area (Å²) < 4.78 is 71.6. The summed E-state index contributed by atoms with van der Waals surface area (Å²) in [6.45, 7) is 5.28. The van der Waals surface area contributed by atoms with Crippen molar-refractivity contribution in [2.24, 2.45) is 0 Å². The van der Waals surface area contributed by atoms with Gasteiger partial charge in [-0.15, -0.1) is 0 Å². The molecule has 1 aliphatic heterocycles. The Hall–Kier alpha value is -3.90. The fourth-order valence-electron chi connectivity index (χ4n) is 4.03. The third kappa shape index (κ3) is 9.69. The lowest BCUT2D eigenvalue weighted by Gasteiger charge is -2.22. The minimum absolute atomic E-state index is 0.203. The molecule has 0 bridgehead atoms. The van der Waals surface area contributed by atoms with Gasteiger partial charge >= 0.3 is 12.1 Å². The summed E-state index contributed by atoms with van der Waals surface area (Å²) in [5.41, 5.74) is 2.73. The lowest BCUT2D eigenvalue weighted by atomic mass is 10.1. The van der Waals surface area contributed by atoms with Gasteiger partial charge in [0.25, 0.3) is 5.91 Å². The van der Waals surface area contributed by atoms with Gasteiger partial charge < -0.3 is 10.4 Å². The smallest absolute Gasteiger partial charge is 0.475 e. The van der Waals surface area contributed by atoms with Crippen molar-refractivity contribution < 1.29 is 41.0 Å². The van der Waals surface area contributed by atoms with Gasteiger partial charge in [-0.3, -0.25) is 14.6 Å². The van der Waals surface area contributed by atoms with Crippen LogP contribution in [0.1, 0.15) is 27.9 Å². The van der Waals surface area contributed by atoms with Crippen molar-refractivity contribution in [3.63, 3.8) is 0 Å². The maximum absolute atomic E-state index is 13.4. The maximum atomic E-state index is 13.4. The first kappa shape index (κ1) is 30.6. The molecule has 1 fully saturated rings. The van der Waals surface area contributed by atoms with Crippen molar-refractivity contribution in [2.75, 3.05) is 31.5 Å². The molecule has 0 aromatic heterocycles. The van der Waals surface area contributed by atoms with Gasteiger partial charge in [0.2, 0.25) is 0 Å². The third-order valence-corrected chi connectivity index (χ3v) is 6.02. The number of aliphatic carboxylic acids is 1. The molecule has 0 unspecified atom stereocenters. The molecule has 2 N–H and O–H groups in total. The van der Waals surface area contributed by atoms with E-state index in [-0.39, 0.29) is 17.4 Å². The highest BCUT2D eigenvalue weighted by atomic mass is 19.4. The second-order valence-corrected chi connectivity index (χ2v) is 9.12. The summed E-state index contributed by atoms with van der Waals surface area (Å²) in [7, 11) is 0. The minimum Gasteiger partial charge on any atom is -0.475 e. The molecule has 0 saturated carbocycles. The zero-order valence-electron chi connectivity index (χ0n) is 21.2. The first-order valence-corrected chi connectivity index (χ1v) is 12.3. The Labute approximate surface area is 226 Å². The van der Waals surface area contributed by atoms with E-state index >= 15 is 0 Å². The normalized spacial score (nSPS) is 14.6. The minimum atomic E-state index is -5.08. The number of alkyl halides is 3. The molecule has 214 valence electrons. The Bertz CT molecular complexity index is 1300. The number of hydrogen-bond acceptors (Lipinski definition) is 4. The zero-order valence-corrected chi connectivity index (χ0v) is 21.2. The Balaban J connectivity index is 0.000000559. The molecule has 3 aromatic rings. The molecule has 0 atom stereocenters. The van der Waals surface area contributed by atoms with Gasteiger partial charge in [-0.2, -0.15) is 13.2 Å². The molecule has 3 aromatic carbocycles. The predicted octanol–water partition coefficient (Wildman–Crippen LogP) is 5.70. The summed E-state index contributed by atoms with van der Waals surface area (Å²) >= 11 is 0. The topological polar surface area (TPSA) is 72.9 Å². The van der Waals surface area contributed by atoms with Crippen molar-refractivity contribution in [1.29, 1.82) is 0 Å². The number of amides is 1. The number of carboxylic acids is 1. The average molecular weight is 568 g/mol. The molecular weight excluding hydrogens is 540 g/mol. The van der Waals surface area contributed by atoms with E-state index in [1.807, 2.05) is 18.2 Å². The van der Waals surface area contributed by atoms with Crippen LogP contribution in [0.4, 0.5) is 32.0 Å². The molecular formula is C28H27F6N3O3. The van der Waals surface area contributed by atoms with E-state index in [0.29, 0.717) is 5.56 Å². The van der Waals surface area contributed by atoms with Gasteiger partial charge in [-0.05, 0) is 67.0 Å². The highest BCUT2D eigenvalue weighted by Gasteiger charge is 2.38. The molecule has 0 spiro atoms. The number of carbonyl (C=O) groups is 2. The van der Waals surface area contributed by atoms with Crippen LogP contribution >= 0.6 is 0 Å². The summed E-state index contributed by atoms with van der Waals surface area (Å²) in [5.74, 6) is -5.30. The predicted molar refractivity (Wildman–Crippen MR) is 136 cm³/mol. The van der Waals surface area contributed by atoms with Crippen LogP contribution in [0.2, 0.25) is 0 Å². The Morgan fingerprint density at radius 2 is 1.38 bits per heavy atom. The standard InChI is InChI=1S/C26H26F3N3O.C2HF3O2/c27-22-4-1-3-20(15-22)18-32-12-2-11-31(13-14-32)17-19-5-7-21(8-6-19)26(33)30-23-9-10-24(28)25(29)16-23;3-2(4,5)1(6)7/h1,3-10,15-16H,2,11-14,17-18H2,(H,30,33);(H,6,7). The second kappa shape index (κ2) is 13.9. The number of carbonyl (C=O) groups excluding carboxylic acids is 1. The van der Waals surface area contributed by atoms with E-state index < -0.39 is 23.8 Å². The quantitative estimate of drug-likeness (QED) is 0.374. The van der Waals surface area contributed by atoms with Crippen LogP contribution in [-0.4, -0.2) is 59.1 Å². The fourth-order valence-corrected chi connectivity index (χ4v) is 4.03. The SMILES string of the molecule is O=C(Nc1ccc(F)c(F)c1)c1ccc(CN2CCCN(Cc3cccc(F)c3)CC2)cc1.O=C(O)C(F)(F)F. The van der Waals surface area contributed by atoms with Crippen molar-refractivity contribution in [2.45, 2.75) is 25.7 Å². The molecule has 40 heavy (non-hydrogen) atoms. The van der Waals surface area contributed by atoms with Gasteiger partial charge in [0.15, 0.2) is 11.6 Å². The molecule has 0 radical (unpaired) electrons. The lowest BCUT2D eigenvalue weighted by molar-refractivity contribution is -0.192. The van der Waals surface area contributed by atoms with Crippen LogP contribution < -0.4 is 5.32 Å². The van der Waals surface area contributed by atoms with Crippen LogP contribution in [0.5, 0.6) is 0 Å². The fraction of sp³-hybridized carbons (Fsp3) is 0.286. The molecule has 0 aliphatic carbocycles. The molecule has 6 nitrogen and oxygen atoms in total. The number of hydrogen-bond donors (Lipinski definition) is 2. The number of halogens is 6. The summed E-state index contributed by atoms with van der Waals surface area (Å²) in [5, 5.41) is 9.70. The Kier molecular flexibility index (Phi) is 10.7. The van der Waals surface area contributed by atoms with Crippen molar-refractivity contribution in [3.05, 3.63) is 101 Å². The summed E-state index contributed by atoms with van der Waals surface area (Å²) in [6.07, 6.45) is -4.05. The monoisotopic (exact) mass is 567 g/mol. The van der Waals surface area contributed by atoms with E-state index in [2.05, 4.69) is 15.1 Å². The van der Waals surface area contributed by atoms with E-state index in [0.717, 1.165) is 68.9 Å². The molecule has 1 aliphatic rings. The van der Waals surface area contributed by atoms with Crippen LogP contribution in [0.25, 0.3) is 0 Å². The van der Waals surface area contributed by atoms with Crippen LogP contribution in [0.3, 0.4) is 0 Å². The van der Waals surface area contributed by atoms with Gasteiger partial charge in [0.1, 0.15) is 5.82 Å². The van der Waals surface area contributed by atoms with Gasteiger partial charge in [-0.1, -0.05) is 24.3 Å². The van der Waals surface area contributed by atoms with Crippen LogP contribution in [-0.2, 0) is 17.9 Å². The van der Waals surface area contributed by atoms with Crippen molar-refractivity contribution in [1.82, 2.24) is 9.80 Å². The Morgan fingerprint density at radius 3 is 1.93 bits per heavy atom. The highest BCUT2D eigenvalue weighted by molar-refractivity contribution is 6.04. The number of anilines is 1. The number of carboxylic acid groups (broad SMARTS) is 1. The maximum Gasteiger partial charge on any atom is 0.490 e. The van der Waals surface area contributed by atoms with Crippen molar-refractivity contribution >= 4 is 17.6 Å². The Morgan fingerprint density at radius 1 is 0.775 bits per heavy atom. The second-order valence-electron chi connectivity index (χ2n) is 9.12. The number of benzene rings is 3. The van der Waals surface area contributed by atoms with Gasteiger partial charge in [0.05, 0.1) is 0 Å². The molecule has 1 amide bonds. The number of rotatable bonds is 6. The summed E-state index contributed by atoms with van der Waals surface area (Å²) in [6, 6.07) is 17.3. The largest absolute Gasteiger partial charge is 0.490 e. The van der Waals surface area contributed by atoms with E-state index in [4.69, 9.17) is 9.90 Å². The molecule has 12 heteroatoms. The first-order chi connectivity index (χ1) is 18.9. The zero-order chi connectivity index (χ0) is 29.3. The van der Waals surface area contributed by atoms with Gasteiger partial charge in [-0.25, -0.2) is 18.0 Å².